The van der Waals surface area contributed by atoms with Crippen LogP contribution in [0.1, 0.15) is 27.8 Å². The van der Waals surface area contributed by atoms with Gasteiger partial charge in [0.25, 0.3) is 0 Å². The minimum Gasteiger partial charge on any atom is -0.497 e. The summed E-state index contributed by atoms with van der Waals surface area (Å²) in [5.41, 5.74) is 4.88. The summed E-state index contributed by atoms with van der Waals surface area (Å²) in [4.78, 5) is 29.3. The van der Waals surface area contributed by atoms with Crippen LogP contribution in [0.25, 0.3) is 0 Å². The van der Waals surface area contributed by atoms with E-state index >= 15 is 0 Å². The molecule has 0 saturated carbocycles. The minimum absolute atomic E-state index is 0.139. The van der Waals surface area contributed by atoms with Crippen molar-refractivity contribution in [1.82, 2.24) is 10.2 Å². The Morgan fingerprint density at radius 2 is 1.41 bits per heavy atom. The van der Waals surface area contributed by atoms with Crippen molar-refractivity contribution in [2.45, 2.75) is 38.9 Å². The molecule has 1 atom stereocenters. The predicted molar refractivity (Wildman–Crippen MR) is 156 cm³/mol. The number of hydrogen-bond donors (Lipinski definition) is 1. The molecule has 4 rings (SSSR count). The highest BCUT2D eigenvalue weighted by Gasteiger charge is 2.30. The lowest BCUT2D eigenvalue weighted by atomic mass is 10.0. The van der Waals surface area contributed by atoms with Crippen molar-refractivity contribution in [3.8, 4) is 5.75 Å². The van der Waals surface area contributed by atoms with Crippen molar-refractivity contribution < 1.29 is 14.3 Å². The molecule has 1 N–H and O–H groups in total. The van der Waals surface area contributed by atoms with Crippen molar-refractivity contribution >= 4 is 23.4 Å². The summed E-state index contributed by atoms with van der Waals surface area (Å²) in [7, 11) is 1.62. The number of carbonyl (C=O) groups excluding carboxylic acids is 2. The molecule has 2 amide bonds. The average Bonchev–Trinajstić information content (AvgIpc) is 2.96. The van der Waals surface area contributed by atoms with Gasteiger partial charge in [-0.25, -0.2) is 0 Å². The Morgan fingerprint density at radius 1 is 0.795 bits per heavy atom. The third-order valence-electron chi connectivity index (χ3n) is 6.64. The number of benzene rings is 4. The van der Waals surface area contributed by atoms with Crippen LogP contribution in [-0.2, 0) is 35.5 Å². The maximum Gasteiger partial charge on any atom is 0.243 e. The number of amides is 2. The van der Waals surface area contributed by atoms with Gasteiger partial charge in [-0.05, 0) is 53.4 Å². The van der Waals surface area contributed by atoms with Gasteiger partial charge in [-0.3, -0.25) is 9.59 Å². The summed E-state index contributed by atoms with van der Waals surface area (Å²) >= 11 is 6.06. The van der Waals surface area contributed by atoms with Crippen molar-refractivity contribution in [1.29, 1.82) is 0 Å². The zero-order chi connectivity index (χ0) is 27.6. The maximum atomic E-state index is 13.9. The van der Waals surface area contributed by atoms with Crippen LogP contribution >= 0.6 is 11.6 Å². The first kappa shape index (κ1) is 27.9. The van der Waals surface area contributed by atoms with Crippen LogP contribution in [0.5, 0.6) is 5.75 Å². The van der Waals surface area contributed by atoms with Gasteiger partial charge >= 0.3 is 0 Å². The lowest BCUT2D eigenvalue weighted by molar-refractivity contribution is -0.140. The summed E-state index contributed by atoms with van der Waals surface area (Å²) in [5.74, 6) is 0.395. The second-order valence-corrected chi connectivity index (χ2v) is 10.0. The number of hydrogen-bond acceptors (Lipinski definition) is 3. The first-order valence-electron chi connectivity index (χ1n) is 13.0. The summed E-state index contributed by atoms with van der Waals surface area (Å²) in [5, 5.41) is 3.69. The van der Waals surface area contributed by atoms with Gasteiger partial charge in [0, 0.05) is 24.5 Å². The maximum absolute atomic E-state index is 13.9. The van der Waals surface area contributed by atoms with Crippen molar-refractivity contribution in [2.24, 2.45) is 0 Å². The molecule has 0 aliphatic rings. The lowest BCUT2D eigenvalue weighted by Gasteiger charge is -2.32. The highest BCUT2D eigenvalue weighted by atomic mass is 35.5. The van der Waals surface area contributed by atoms with Gasteiger partial charge in [-0.1, -0.05) is 96.0 Å². The van der Waals surface area contributed by atoms with Gasteiger partial charge in [0.1, 0.15) is 11.8 Å². The van der Waals surface area contributed by atoms with Crippen molar-refractivity contribution in [3.63, 3.8) is 0 Å². The molecule has 4 aromatic carbocycles. The van der Waals surface area contributed by atoms with Gasteiger partial charge in [0.2, 0.25) is 11.8 Å². The standard InChI is InChI=1S/C33H33ClN2O3/c1-24-8-10-27(11-9-24)22-35-33(38)31(20-25-6-4-3-5-7-25)36(23-28-14-18-30(39-2)19-15-28)32(37)21-26-12-16-29(34)17-13-26/h3-19,31H,20-23H2,1-2H3,(H,35,38)/t31-/m1/s1. The highest BCUT2D eigenvalue weighted by molar-refractivity contribution is 6.30. The van der Waals surface area contributed by atoms with E-state index in [1.165, 1.54) is 0 Å². The van der Waals surface area contributed by atoms with E-state index in [2.05, 4.69) is 5.32 Å². The fraction of sp³-hybridized carbons (Fsp3) is 0.212. The normalized spacial score (nSPS) is 11.5. The quantitative estimate of drug-likeness (QED) is 0.248. The SMILES string of the molecule is COc1ccc(CN(C(=O)Cc2ccc(Cl)cc2)[C@H](Cc2ccccc2)C(=O)NCc2ccc(C)cc2)cc1. The summed E-state index contributed by atoms with van der Waals surface area (Å²) in [6, 6.07) is 31.9. The molecule has 0 aliphatic heterocycles. The molecule has 0 unspecified atom stereocenters. The topological polar surface area (TPSA) is 58.6 Å². The molecular formula is C33H33ClN2O3. The number of methoxy groups -OCH3 is 1. The van der Waals surface area contributed by atoms with Crippen LogP contribution < -0.4 is 10.1 Å². The molecule has 0 fully saturated rings. The smallest absolute Gasteiger partial charge is 0.243 e. The van der Waals surface area contributed by atoms with Crippen LogP contribution in [0.15, 0.2) is 103 Å². The van der Waals surface area contributed by atoms with Crippen molar-refractivity contribution in [2.75, 3.05) is 7.11 Å². The second-order valence-electron chi connectivity index (χ2n) is 9.58. The molecule has 0 radical (unpaired) electrons. The van der Waals surface area contributed by atoms with E-state index in [-0.39, 0.29) is 24.8 Å². The van der Waals surface area contributed by atoms with Crippen LogP contribution in [0.4, 0.5) is 0 Å². The molecule has 0 heterocycles. The molecule has 200 valence electrons. The summed E-state index contributed by atoms with van der Waals surface area (Å²) in [6.45, 7) is 2.69. The van der Waals surface area contributed by atoms with E-state index in [0.29, 0.717) is 18.0 Å². The molecular weight excluding hydrogens is 508 g/mol. The van der Waals surface area contributed by atoms with Gasteiger partial charge in [-0.15, -0.1) is 0 Å². The van der Waals surface area contributed by atoms with Crippen LogP contribution in [0, 0.1) is 6.92 Å². The number of nitrogens with zero attached hydrogens (tertiary/aromatic N) is 1. The van der Waals surface area contributed by atoms with Gasteiger partial charge < -0.3 is 15.0 Å². The summed E-state index contributed by atoms with van der Waals surface area (Å²) in [6.07, 6.45) is 0.549. The number of ether oxygens (including phenoxy) is 1. The Hall–Kier alpha value is -4.09. The third kappa shape index (κ3) is 8.20. The average molecular weight is 541 g/mol. The number of halogens is 1. The molecule has 0 aromatic heterocycles. The zero-order valence-electron chi connectivity index (χ0n) is 22.3. The number of aryl methyl sites for hydroxylation is 1. The summed E-state index contributed by atoms with van der Waals surface area (Å²) < 4.78 is 5.30. The van der Waals surface area contributed by atoms with Crippen molar-refractivity contribution in [3.05, 3.63) is 136 Å². The Morgan fingerprint density at radius 3 is 2.05 bits per heavy atom. The number of nitrogens with one attached hydrogen (secondary N) is 1. The Labute approximate surface area is 235 Å². The van der Waals surface area contributed by atoms with Crippen LogP contribution in [0.3, 0.4) is 0 Å². The number of carbonyl (C=O) groups is 2. The second kappa shape index (κ2) is 13.6. The molecule has 6 heteroatoms. The van der Waals surface area contributed by atoms with E-state index in [4.69, 9.17) is 16.3 Å². The molecule has 0 bridgehead atoms. The van der Waals surface area contributed by atoms with E-state index in [0.717, 1.165) is 33.6 Å². The predicted octanol–water partition coefficient (Wildman–Crippen LogP) is 6.16. The fourth-order valence-electron chi connectivity index (χ4n) is 4.37. The molecule has 5 nitrogen and oxygen atoms in total. The minimum atomic E-state index is -0.709. The van der Waals surface area contributed by atoms with E-state index < -0.39 is 6.04 Å². The van der Waals surface area contributed by atoms with Gasteiger partial charge in [0.15, 0.2) is 0 Å². The Balaban J connectivity index is 1.64. The molecule has 4 aromatic rings. The monoisotopic (exact) mass is 540 g/mol. The Kier molecular flexibility index (Phi) is 9.76. The Bertz CT molecular complexity index is 1360. The fourth-order valence-corrected chi connectivity index (χ4v) is 4.50. The van der Waals surface area contributed by atoms with Crippen LogP contribution in [0.2, 0.25) is 5.02 Å². The zero-order valence-corrected chi connectivity index (χ0v) is 23.0. The first-order valence-corrected chi connectivity index (χ1v) is 13.3. The third-order valence-corrected chi connectivity index (χ3v) is 6.89. The first-order chi connectivity index (χ1) is 18.9. The molecule has 0 aliphatic carbocycles. The largest absolute Gasteiger partial charge is 0.497 e. The molecule has 0 saturated heterocycles. The van der Waals surface area contributed by atoms with E-state index in [9.17, 15) is 9.59 Å². The van der Waals surface area contributed by atoms with E-state index in [1.54, 1.807) is 24.1 Å². The lowest BCUT2D eigenvalue weighted by Crippen LogP contribution is -2.50. The van der Waals surface area contributed by atoms with Gasteiger partial charge in [-0.2, -0.15) is 0 Å². The molecule has 0 spiro atoms. The van der Waals surface area contributed by atoms with Gasteiger partial charge in [0.05, 0.1) is 13.5 Å². The van der Waals surface area contributed by atoms with E-state index in [1.807, 2.05) is 97.9 Å². The van der Waals surface area contributed by atoms with Crippen LogP contribution in [-0.4, -0.2) is 29.9 Å². The number of rotatable bonds is 11. The molecule has 39 heavy (non-hydrogen) atoms. The highest BCUT2D eigenvalue weighted by Crippen LogP contribution is 2.19.